The highest BCUT2D eigenvalue weighted by atomic mass is 35.5. The molecule has 1 aliphatic rings. The summed E-state index contributed by atoms with van der Waals surface area (Å²) in [4.78, 5) is 29.6. The highest BCUT2D eigenvalue weighted by Gasteiger charge is 2.35. The number of Topliss-reactive ketones (excluding diaryl/α,β-unsaturated/α-hetero) is 1. The molecule has 0 radical (unpaired) electrons. The summed E-state index contributed by atoms with van der Waals surface area (Å²) in [5.41, 5.74) is 1.89. The highest BCUT2D eigenvalue weighted by molar-refractivity contribution is 6.52. The second-order valence-corrected chi connectivity index (χ2v) is 4.95. The molecule has 3 rings (SSSR count). The molecule has 0 unspecified atom stereocenters. The molecule has 0 fully saturated rings. The Hall–Kier alpha value is -2.20. The van der Waals surface area contributed by atoms with Crippen LogP contribution in [0.3, 0.4) is 0 Å². The van der Waals surface area contributed by atoms with Crippen molar-refractivity contribution in [1.82, 2.24) is 4.98 Å². The number of fused-ring (bicyclic) bond motifs is 1. The van der Waals surface area contributed by atoms with Gasteiger partial charge in [0.25, 0.3) is 11.7 Å². The number of pyridine rings is 1. The molecule has 1 amide bonds. The molecule has 0 spiro atoms. The maximum absolute atomic E-state index is 12.0. The summed E-state index contributed by atoms with van der Waals surface area (Å²) < 4.78 is 0. The summed E-state index contributed by atoms with van der Waals surface area (Å²) in [6.45, 7) is 0.427. The van der Waals surface area contributed by atoms with Gasteiger partial charge in [-0.3, -0.25) is 14.6 Å². The van der Waals surface area contributed by atoms with Crippen molar-refractivity contribution in [2.45, 2.75) is 6.42 Å². The van der Waals surface area contributed by atoms with Crippen molar-refractivity contribution in [3.8, 4) is 0 Å². The molecule has 0 N–H and O–H groups in total. The second-order valence-electron chi connectivity index (χ2n) is 4.52. The number of hydrogen-bond donors (Lipinski definition) is 0. The molecular formula is C15H11ClN2O2. The number of benzene rings is 1. The van der Waals surface area contributed by atoms with Gasteiger partial charge in [-0.15, -0.1) is 0 Å². The zero-order valence-electron chi connectivity index (χ0n) is 10.5. The summed E-state index contributed by atoms with van der Waals surface area (Å²) >= 11 is 5.87. The maximum atomic E-state index is 12.0. The summed E-state index contributed by atoms with van der Waals surface area (Å²) in [6.07, 6.45) is 2.31. The van der Waals surface area contributed by atoms with Gasteiger partial charge >= 0.3 is 0 Å². The number of nitrogens with zero attached hydrogens (tertiary/aromatic N) is 2. The third-order valence-electron chi connectivity index (χ3n) is 3.25. The predicted octanol–water partition coefficient (Wildman–Crippen LogP) is 2.51. The third kappa shape index (κ3) is 2.18. The molecule has 2 heterocycles. The standard InChI is InChI=1S/C15H11ClN2O2/c16-10-4-5-13-12(9-10)14(19)15(20)18(13)8-6-11-3-1-2-7-17-11/h1-5,7,9H,6,8H2. The first-order valence-corrected chi connectivity index (χ1v) is 6.60. The molecule has 1 aliphatic heterocycles. The Kier molecular flexibility index (Phi) is 3.24. The molecule has 0 bridgehead atoms. The van der Waals surface area contributed by atoms with Gasteiger partial charge in [0.1, 0.15) is 0 Å². The number of amides is 1. The van der Waals surface area contributed by atoms with Gasteiger partial charge in [0.15, 0.2) is 0 Å². The lowest BCUT2D eigenvalue weighted by Crippen LogP contribution is -2.31. The fourth-order valence-corrected chi connectivity index (χ4v) is 2.44. The molecule has 100 valence electrons. The molecule has 4 nitrogen and oxygen atoms in total. The highest BCUT2D eigenvalue weighted by Crippen LogP contribution is 2.31. The van der Waals surface area contributed by atoms with E-state index < -0.39 is 11.7 Å². The van der Waals surface area contributed by atoms with Gasteiger partial charge in [-0.2, -0.15) is 0 Å². The summed E-state index contributed by atoms with van der Waals surface area (Å²) in [5, 5.41) is 0.455. The predicted molar refractivity (Wildman–Crippen MR) is 76.1 cm³/mol. The van der Waals surface area contributed by atoms with Gasteiger partial charge in [0, 0.05) is 29.9 Å². The Bertz CT molecular complexity index is 686. The molecule has 2 aromatic rings. The topological polar surface area (TPSA) is 50.3 Å². The van der Waals surface area contributed by atoms with E-state index in [4.69, 9.17) is 11.6 Å². The number of hydrogen-bond acceptors (Lipinski definition) is 3. The van der Waals surface area contributed by atoms with Crippen LogP contribution in [0.4, 0.5) is 5.69 Å². The minimum atomic E-state index is -0.502. The average Bonchev–Trinajstić information content (AvgIpc) is 2.70. The van der Waals surface area contributed by atoms with Gasteiger partial charge in [0.2, 0.25) is 0 Å². The lowest BCUT2D eigenvalue weighted by atomic mass is 10.1. The third-order valence-corrected chi connectivity index (χ3v) is 3.49. The van der Waals surface area contributed by atoms with E-state index in [2.05, 4.69) is 4.98 Å². The molecule has 5 heteroatoms. The van der Waals surface area contributed by atoms with Crippen molar-refractivity contribution in [2.75, 3.05) is 11.4 Å². The lowest BCUT2D eigenvalue weighted by molar-refractivity contribution is -0.114. The molecule has 0 atom stereocenters. The number of carbonyl (C=O) groups excluding carboxylic acids is 2. The van der Waals surface area contributed by atoms with E-state index in [1.54, 1.807) is 18.3 Å². The van der Waals surface area contributed by atoms with Crippen molar-refractivity contribution in [1.29, 1.82) is 0 Å². The van der Waals surface area contributed by atoms with E-state index in [9.17, 15) is 9.59 Å². The first-order chi connectivity index (χ1) is 9.66. The van der Waals surface area contributed by atoms with Crippen molar-refractivity contribution in [3.63, 3.8) is 0 Å². The van der Waals surface area contributed by atoms with Crippen LogP contribution in [0.25, 0.3) is 0 Å². The van der Waals surface area contributed by atoms with Gasteiger partial charge in [0.05, 0.1) is 11.3 Å². The average molecular weight is 287 g/mol. The van der Waals surface area contributed by atoms with Crippen LogP contribution in [0.2, 0.25) is 5.02 Å². The Balaban J connectivity index is 1.84. The van der Waals surface area contributed by atoms with Crippen LogP contribution in [0.15, 0.2) is 42.6 Å². The van der Waals surface area contributed by atoms with Crippen LogP contribution < -0.4 is 4.90 Å². The fourth-order valence-electron chi connectivity index (χ4n) is 2.27. The van der Waals surface area contributed by atoms with Crippen LogP contribution in [0.1, 0.15) is 16.1 Å². The molecule has 0 aliphatic carbocycles. The molecular weight excluding hydrogens is 276 g/mol. The zero-order valence-corrected chi connectivity index (χ0v) is 11.3. The number of rotatable bonds is 3. The van der Waals surface area contributed by atoms with Crippen molar-refractivity contribution < 1.29 is 9.59 Å². The number of carbonyl (C=O) groups is 2. The summed E-state index contributed by atoms with van der Waals surface area (Å²) in [6, 6.07) is 10.6. The van der Waals surface area contributed by atoms with Gasteiger partial charge < -0.3 is 4.90 Å². The molecule has 20 heavy (non-hydrogen) atoms. The van der Waals surface area contributed by atoms with E-state index in [1.165, 1.54) is 11.0 Å². The Morgan fingerprint density at radius 3 is 2.75 bits per heavy atom. The quantitative estimate of drug-likeness (QED) is 0.815. The van der Waals surface area contributed by atoms with Crippen LogP contribution in [0, 0.1) is 0 Å². The van der Waals surface area contributed by atoms with Gasteiger partial charge in [-0.1, -0.05) is 17.7 Å². The molecule has 0 saturated carbocycles. The molecule has 1 aromatic carbocycles. The van der Waals surface area contributed by atoms with Gasteiger partial charge in [-0.25, -0.2) is 0 Å². The SMILES string of the molecule is O=C1C(=O)N(CCc2ccccn2)c2ccc(Cl)cc21. The van der Waals surface area contributed by atoms with E-state index in [0.29, 0.717) is 29.2 Å². The van der Waals surface area contributed by atoms with E-state index in [1.807, 2.05) is 18.2 Å². The Morgan fingerprint density at radius 2 is 2.00 bits per heavy atom. The number of halogens is 1. The first-order valence-electron chi connectivity index (χ1n) is 6.22. The summed E-state index contributed by atoms with van der Waals surface area (Å²) in [5.74, 6) is -0.998. The fraction of sp³-hybridized carbons (Fsp3) is 0.133. The van der Waals surface area contributed by atoms with Crippen LogP contribution in [-0.4, -0.2) is 23.2 Å². The van der Waals surface area contributed by atoms with Crippen molar-refractivity contribution in [2.24, 2.45) is 0 Å². The van der Waals surface area contributed by atoms with Crippen LogP contribution in [0.5, 0.6) is 0 Å². The van der Waals surface area contributed by atoms with Crippen LogP contribution >= 0.6 is 11.6 Å². The molecule has 1 aromatic heterocycles. The number of anilines is 1. The van der Waals surface area contributed by atoms with Crippen molar-refractivity contribution in [3.05, 3.63) is 58.9 Å². The largest absolute Gasteiger partial charge is 0.304 e. The monoisotopic (exact) mass is 286 g/mol. The van der Waals surface area contributed by atoms with Crippen molar-refractivity contribution >= 4 is 29.0 Å². The van der Waals surface area contributed by atoms with Gasteiger partial charge in [-0.05, 0) is 30.3 Å². The molecule has 0 saturated heterocycles. The smallest absolute Gasteiger partial charge is 0.299 e. The van der Waals surface area contributed by atoms with E-state index >= 15 is 0 Å². The maximum Gasteiger partial charge on any atom is 0.299 e. The lowest BCUT2D eigenvalue weighted by Gasteiger charge is -2.16. The van der Waals surface area contributed by atoms with Crippen LogP contribution in [-0.2, 0) is 11.2 Å². The van der Waals surface area contributed by atoms with E-state index in [-0.39, 0.29) is 0 Å². The normalized spacial score (nSPS) is 13.8. The number of aromatic nitrogens is 1. The zero-order chi connectivity index (χ0) is 14.1. The Morgan fingerprint density at radius 1 is 1.15 bits per heavy atom. The Labute approximate surface area is 121 Å². The minimum Gasteiger partial charge on any atom is -0.304 e. The minimum absolute atomic E-state index is 0.378. The first kappa shape index (κ1) is 12.8. The van der Waals surface area contributed by atoms with E-state index in [0.717, 1.165) is 5.69 Å². The summed E-state index contributed by atoms with van der Waals surface area (Å²) in [7, 11) is 0. The number of ketones is 1. The second kappa shape index (κ2) is 5.06.